The topological polar surface area (TPSA) is 77.4 Å². The zero-order valence-electron chi connectivity index (χ0n) is 15.8. The molecule has 1 rings (SSSR count). The molecule has 0 saturated carbocycles. The van der Waals surface area contributed by atoms with Gasteiger partial charge in [-0.1, -0.05) is 89.0 Å². The molecule has 0 aliphatic heterocycles. The summed E-state index contributed by atoms with van der Waals surface area (Å²) in [6.07, 6.45) is 14.6. The minimum Gasteiger partial charge on any atom is -0.872 e. The van der Waals surface area contributed by atoms with Crippen molar-refractivity contribution in [3.05, 3.63) is 23.8 Å². The van der Waals surface area contributed by atoms with Gasteiger partial charge >= 0.3 is 51.4 Å². The number of aryl methyl sites for hydroxylation is 1. The summed E-state index contributed by atoms with van der Waals surface area (Å²) in [5, 5.41) is 11.4. The molecular formula is C19H31KO4S. The van der Waals surface area contributed by atoms with Crippen molar-refractivity contribution in [3.63, 3.8) is 0 Å². The number of hydrogen-bond donors (Lipinski definition) is 1. The molecule has 1 N–H and O–H groups in total. The summed E-state index contributed by atoms with van der Waals surface area (Å²) in [7, 11) is -4.42. The van der Waals surface area contributed by atoms with Gasteiger partial charge in [0.25, 0.3) is 10.1 Å². The molecule has 0 atom stereocenters. The summed E-state index contributed by atoms with van der Waals surface area (Å²) >= 11 is 0. The first-order valence-electron chi connectivity index (χ1n) is 9.22. The van der Waals surface area contributed by atoms with E-state index in [9.17, 15) is 13.5 Å². The average molecular weight is 395 g/mol. The summed E-state index contributed by atoms with van der Waals surface area (Å²) in [5.74, 6) is -0.653. The molecule has 6 heteroatoms. The first-order chi connectivity index (χ1) is 11.4. The van der Waals surface area contributed by atoms with Gasteiger partial charge in [-0.15, -0.1) is 0 Å². The molecule has 0 fully saturated rings. The monoisotopic (exact) mass is 394 g/mol. The average Bonchev–Trinajstić information content (AvgIpc) is 2.53. The molecule has 0 saturated heterocycles. The number of unbranched alkanes of at least 4 members (excludes halogenated alkanes) is 10. The van der Waals surface area contributed by atoms with E-state index >= 15 is 0 Å². The van der Waals surface area contributed by atoms with Crippen LogP contribution >= 0.6 is 0 Å². The summed E-state index contributed by atoms with van der Waals surface area (Å²) in [5.41, 5.74) is 0.790. The van der Waals surface area contributed by atoms with E-state index in [0.717, 1.165) is 24.8 Å². The largest absolute Gasteiger partial charge is 1.00 e. The van der Waals surface area contributed by atoms with Gasteiger partial charge in [-0.05, 0) is 24.5 Å². The van der Waals surface area contributed by atoms with Crippen molar-refractivity contribution in [1.82, 2.24) is 0 Å². The van der Waals surface area contributed by atoms with E-state index in [0.29, 0.717) is 0 Å². The van der Waals surface area contributed by atoms with Crippen LogP contribution in [0.15, 0.2) is 23.1 Å². The van der Waals surface area contributed by atoms with Gasteiger partial charge in [-0.2, -0.15) is 8.42 Å². The number of benzene rings is 1. The Morgan fingerprint density at radius 1 is 0.880 bits per heavy atom. The van der Waals surface area contributed by atoms with Gasteiger partial charge in [-0.3, -0.25) is 4.55 Å². The zero-order valence-corrected chi connectivity index (χ0v) is 19.7. The minimum absolute atomic E-state index is 0. The van der Waals surface area contributed by atoms with Gasteiger partial charge in [0.05, 0.1) is 4.90 Å². The molecule has 1 aromatic carbocycles. The van der Waals surface area contributed by atoms with Crippen molar-refractivity contribution in [2.24, 2.45) is 0 Å². The minimum atomic E-state index is -4.42. The zero-order chi connectivity index (χ0) is 17.8. The second-order valence-corrected chi connectivity index (χ2v) is 7.93. The molecule has 0 spiro atoms. The summed E-state index contributed by atoms with van der Waals surface area (Å²) in [6, 6.07) is 4.16. The fourth-order valence-electron chi connectivity index (χ4n) is 2.90. The van der Waals surface area contributed by atoms with Gasteiger partial charge in [0.1, 0.15) is 0 Å². The van der Waals surface area contributed by atoms with E-state index in [1.54, 1.807) is 6.07 Å². The van der Waals surface area contributed by atoms with Gasteiger partial charge in [0.15, 0.2) is 0 Å². The molecule has 0 heterocycles. The Morgan fingerprint density at radius 2 is 1.36 bits per heavy atom. The Bertz CT molecular complexity index is 573. The molecule has 0 radical (unpaired) electrons. The summed E-state index contributed by atoms with van der Waals surface area (Å²) in [6.45, 7) is 2.23. The first kappa shape index (κ1) is 25.6. The van der Waals surface area contributed by atoms with Crippen LogP contribution in [-0.4, -0.2) is 13.0 Å². The predicted octanol–water partition coefficient (Wildman–Crippen LogP) is 1.86. The van der Waals surface area contributed by atoms with Gasteiger partial charge in [0, 0.05) is 0 Å². The molecule has 0 aromatic heterocycles. The Morgan fingerprint density at radius 3 is 1.84 bits per heavy atom. The van der Waals surface area contributed by atoms with Crippen LogP contribution in [0.1, 0.15) is 83.1 Å². The van der Waals surface area contributed by atoms with Crippen LogP contribution < -0.4 is 56.5 Å². The molecule has 1 aromatic rings. The maximum absolute atomic E-state index is 11.4. The third-order valence-electron chi connectivity index (χ3n) is 4.36. The fourth-order valence-corrected chi connectivity index (χ4v) is 3.53. The van der Waals surface area contributed by atoms with Crippen molar-refractivity contribution < 1.29 is 69.5 Å². The van der Waals surface area contributed by atoms with Gasteiger partial charge in [-0.25, -0.2) is 0 Å². The first-order valence-corrected chi connectivity index (χ1v) is 10.7. The van der Waals surface area contributed by atoms with Gasteiger partial charge in [0.2, 0.25) is 0 Å². The number of hydrogen-bond acceptors (Lipinski definition) is 3. The molecular weight excluding hydrogens is 363 g/mol. The standard InChI is InChI=1S/C19H32O4S.K/c1-2-3-4-5-6-7-8-9-10-11-12-13-17-14-15-18(20)19(16-17)24(21,22)23;/h14-16,20H,2-13H2,1H3,(H,21,22,23);/q;+1/p-1. The Balaban J connectivity index is 0.00000576. The molecule has 138 valence electrons. The second kappa shape index (κ2) is 14.6. The SMILES string of the molecule is CCCCCCCCCCCCCc1ccc([O-])c(S(=O)(=O)O)c1.[K+]. The molecule has 0 amide bonds. The Labute approximate surface area is 196 Å². The van der Waals surface area contributed by atoms with Crippen molar-refractivity contribution >= 4 is 10.1 Å². The Hall–Kier alpha value is 0.566. The second-order valence-electron chi connectivity index (χ2n) is 6.54. The van der Waals surface area contributed by atoms with E-state index in [1.165, 1.54) is 69.9 Å². The predicted molar refractivity (Wildman–Crippen MR) is 95.9 cm³/mol. The van der Waals surface area contributed by atoms with Crippen LogP contribution in [0.3, 0.4) is 0 Å². The third-order valence-corrected chi connectivity index (χ3v) is 5.23. The van der Waals surface area contributed by atoms with E-state index in [4.69, 9.17) is 4.55 Å². The van der Waals surface area contributed by atoms with E-state index in [2.05, 4.69) is 6.92 Å². The summed E-state index contributed by atoms with van der Waals surface area (Å²) < 4.78 is 31.3. The van der Waals surface area contributed by atoms with Crippen molar-refractivity contribution in [3.8, 4) is 5.75 Å². The van der Waals surface area contributed by atoms with Crippen LogP contribution in [0.5, 0.6) is 5.75 Å². The van der Waals surface area contributed by atoms with Crippen molar-refractivity contribution in [2.75, 3.05) is 0 Å². The van der Waals surface area contributed by atoms with E-state index < -0.39 is 20.8 Å². The van der Waals surface area contributed by atoms with Crippen LogP contribution in [0.4, 0.5) is 0 Å². The molecule has 0 aliphatic rings. The van der Waals surface area contributed by atoms with E-state index in [1.807, 2.05) is 0 Å². The smallest absolute Gasteiger partial charge is 0.872 e. The third kappa shape index (κ3) is 11.8. The maximum Gasteiger partial charge on any atom is 1.00 e. The van der Waals surface area contributed by atoms with Crippen LogP contribution in [0.2, 0.25) is 0 Å². The van der Waals surface area contributed by atoms with Crippen LogP contribution in [0, 0.1) is 0 Å². The molecule has 25 heavy (non-hydrogen) atoms. The normalized spacial score (nSPS) is 11.3. The van der Waals surface area contributed by atoms with E-state index in [-0.39, 0.29) is 51.4 Å². The Kier molecular flexibility index (Phi) is 14.9. The quantitative estimate of drug-likeness (QED) is 0.315. The van der Waals surface area contributed by atoms with Crippen LogP contribution in [-0.2, 0) is 16.5 Å². The van der Waals surface area contributed by atoms with Crippen molar-refractivity contribution in [2.45, 2.75) is 88.9 Å². The fraction of sp³-hybridized carbons (Fsp3) is 0.684. The van der Waals surface area contributed by atoms with Gasteiger partial charge < -0.3 is 5.11 Å². The maximum atomic E-state index is 11.4. The molecule has 0 bridgehead atoms. The molecule has 0 aliphatic carbocycles. The summed E-state index contributed by atoms with van der Waals surface area (Å²) in [4.78, 5) is -0.511. The molecule has 0 unspecified atom stereocenters. The molecule has 4 nitrogen and oxygen atoms in total. The number of rotatable bonds is 13. The van der Waals surface area contributed by atoms with Crippen molar-refractivity contribution in [1.29, 1.82) is 0 Å². The van der Waals surface area contributed by atoms with Crippen LogP contribution in [0.25, 0.3) is 0 Å².